The number of hydrogen-bond acceptors (Lipinski definition) is 6. The van der Waals surface area contributed by atoms with Crippen molar-refractivity contribution in [3.8, 4) is 0 Å². The summed E-state index contributed by atoms with van der Waals surface area (Å²) < 4.78 is 9.85. The normalized spacial score (nSPS) is 23.6. The molecule has 0 aromatic rings. The average Bonchev–Trinajstić information content (AvgIpc) is 2.54. The van der Waals surface area contributed by atoms with Crippen LogP contribution < -0.4 is 5.32 Å². The first kappa shape index (κ1) is 14.4. The van der Waals surface area contributed by atoms with Gasteiger partial charge in [0, 0.05) is 6.42 Å². The first-order chi connectivity index (χ1) is 8.19. The highest BCUT2D eigenvalue weighted by Crippen LogP contribution is 2.15. The molecule has 1 fully saturated rings. The molecule has 1 saturated heterocycles. The number of ether oxygens (including phenoxy) is 2. The minimum Gasteiger partial charge on any atom is -0.481 e. The van der Waals surface area contributed by atoms with Gasteiger partial charge in [0.15, 0.2) is 0 Å². The second-order valence-electron chi connectivity index (χ2n) is 5.00. The molecule has 0 aliphatic carbocycles. The zero-order valence-corrected chi connectivity index (χ0v) is 10.6. The van der Waals surface area contributed by atoms with Gasteiger partial charge in [-0.25, -0.2) is 4.79 Å². The predicted molar refractivity (Wildman–Crippen MR) is 59.5 cm³/mol. The van der Waals surface area contributed by atoms with Crippen molar-refractivity contribution in [3.05, 3.63) is 0 Å². The van der Waals surface area contributed by atoms with Gasteiger partial charge in [-0.05, 0) is 27.2 Å². The Balaban J connectivity index is 2.50. The Morgan fingerprint density at radius 2 is 2.06 bits per heavy atom. The predicted octanol–water partition coefficient (Wildman–Crippen LogP) is 0.0340. The molecule has 1 heterocycles. The largest absolute Gasteiger partial charge is 0.481 e. The fraction of sp³-hybridized carbons (Fsp3) is 0.727. The summed E-state index contributed by atoms with van der Waals surface area (Å²) in [5.41, 5.74) is -0.676. The Labute approximate surface area is 104 Å². The van der Waals surface area contributed by atoms with Crippen molar-refractivity contribution in [2.45, 2.75) is 51.5 Å². The summed E-state index contributed by atoms with van der Waals surface area (Å²) in [4.78, 5) is 33.4. The van der Waals surface area contributed by atoms with E-state index in [1.165, 1.54) is 0 Å². The molecule has 1 aliphatic rings. The first-order valence-corrected chi connectivity index (χ1v) is 5.60. The van der Waals surface area contributed by atoms with E-state index in [-0.39, 0.29) is 12.8 Å². The van der Waals surface area contributed by atoms with E-state index in [0.717, 1.165) is 0 Å². The molecule has 2 N–H and O–H groups in total. The highest BCUT2D eigenvalue weighted by Gasteiger charge is 2.39. The van der Waals surface area contributed by atoms with Crippen LogP contribution in [0.15, 0.2) is 0 Å². The molecule has 0 saturated carbocycles. The molecule has 1 rings (SSSR count). The van der Waals surface area contributed by atoms with Crippen LogP contribution in [0.25, 0.3) is 0 Å². The third-order valence-corrected chi connectivity index (χ3v) is 2.14. The van der Waals surface area contributed by atoms with Gasteiger partial charge < -0.3 is 14.6 Å². The number of aliphatic carboxylic acids is 1. The van der Waals surface area contributed by atoms with Crippen LogP contribution in [0.4, 0.5) is 0 Å². The average molecular weight is 259 g/mol. The molecule has 0 bridgehead atoms. The van der Waals surface area contributed by atoms with E-state index >= 15 is 0 Å². The van der Waals surface area contributed by atoms with Gasteiger partial charge in [-0.2, -0.15) is 0 Å². The molecule has 2 atom stereocenters. The van der Waals surface area contributed by atoms with Crippen molar-refractivity contribution in [2.75, 3.05) is 0 Å². The lowest BCUT2D eigenvalue weighted by molar-refractivity contribution is -0.171. The Hall–Kier alpha value is -1.63. The molecule has 0 amide bonds. The molecule has 2 unspecified atom stereocenters. The van der Waals surface area contributed by atoms with Gasteiger partial charge in [0.1, 0.15) is 11.6 Å². The number of hydrogen-bond donors (Lipinski definition) is 2. The summed E-state index contributed by atoms with van der Waals surface area (Å²) >= 11 is 0. The minimum atomic E-state index is -1.16. The Bertz CT molecular complexity index is 359. The second kappa shape index (κ2) is 5.34. The van der Waals surface area contributed by atoms with Crippen molar-refractivity contribution in [1.29, 1.82) is 0 Å². The highest BCUT2D eigenvalue weighted by atomic mass is 16.6. The van der Waals surface area contributed by atoms with Crippen molar-refractivity contribution in [3.63, 3.8) is 0 Å². The van der Waals surface area contributed by atoms with Crippen LogP contribution in [0.5, 0.6) is 0 Å². The molecule has 0 spiro atoms. The van der Waals surface area contributed by atoms with Crippen molar-refractivity contribution >= 4 is 17.9 Å². The van der Waals surface area contributed by atoms with Crippen LogP contribution in [0, 0.1) is 0 Å². The summed E-state index contributed by atoms with van der Waals surface area (Å²) in [7, 11) is 0. The molecule has 18 heavy (non-hydrogen) atoms. The van der Waals surface area contributed by atoms with Crippen LogP contribution in [-0.4, -0.2) is 40.9 Å². The fourth-order valence-corrected chi connectivity index (χ4v) is 1.42. The summed E-state index contributed by atoms with van der Waals surface area (Å²) in [6, 6.07) is -0.779. The third kappa shape index (κ3) is 4.33. The van der Waals surface area contributed by atoms with Crippen molar-refractivity contribution in [1.82, 2.24) is 5.32 Å². The van der Waals surface area contributed by atoms with Gasteiger partial charge in [0.2, 0.25) is 0 Å². The molecule has 0 radical (unpaired) electrons. The SMILES string of the molecule is CC(C)(C)OC(=O)C1NC(CCC(=O)O)C(=O)O1. The maximum Gasteiger partial charge on any atom is 0.363 e. The number of carboxylic acid groups (broad SMARTS) is 1. The Morgan fingerprint density at radius 1 is 1.44 bits per heavy atom. The molecular formula is C11H17NO6. The van der Waals surface area contributed by atoms with E-state index in [9.17, 15) is 14.4 Å². The van der Waals surface area contributed by atoms with Crippen molar-refractivity contribution < 1.29 is 29.0 Å². The summed E-state index contributed by atoms with van der Waals surface area (Å²) in [5.74, 6) is -2.33. The molecule has 7 heteroatoms. The van der Waals surface area contributed by atoms with Crippen LogP contribution in [-0.2, 0) is 23.9 Å². The number of esters is 2. The maximum atomic E-state index is 11.6. The lowest BCUT2D eigenvalue weighted by atomic mass is 10.1. The lowest BCUT2D eigenvalue weighted by Gasteiger charge is -2.21. The highest BCUT2D eigenvalue weighted by molar-refractivity contribution is 5.86. The molecule has 0 aromatic heterocycles. The lowest BCUT2D eigenvalue weighted by Crippen LogP contribution is -2.40. The molecular weight excluding hydrogens is 242 g/mol. The van der Waals surface area contributed by atoms with E-state index in [0.29, 0.717) is 0 Å². The van der Waals surface area contributed by atoms with Gasteiger partial charge in [0.05, 0.1) is 0 Å². The number of rotatable bonds is 4. The van der Waals surface area contributed by atoms with Crippen LogP contribution in [0.3, 0.4) is 0 Å². The fourth-order valence-electron chi connectivity index (χ4n) is 1.42. The van der Waals surface area contributed by atoms with Gasteiger partial charge in [-0.15, -0.1) is 0 Å². The van der Waals surface area contributed by atoms with Gasteiger partial charge >= 0.3 is 17.9 Å². The van der Waals surface area contributed by atoms with Crippen LogP contribution in [0.2, 0.25) is 0 Å². The number of cyclic esters (lactones) is 1. The number of nitrogens with one attached hydrogen (secondary N) is 1. The standard InChI is InChI=1S/C11H17NO6/c1-11(2,3)18-10(16)8-12-6(9(15)17-8)4-5-7(13)14/h6,8,12H,4-5H2,1-3H3,(H,13,14). The molecule has 7 nitrogen and oxygen atoms in total. The van der Waals surface area contributed by atoms with E-state index in [2.05, 4.69) is 5.32 Å². The number of carbonyl (C=O) groups is 3. The molecule has 0 aromatic carbocycles. The topological polar surface area (TPSA) is 102 Å². The van der Waals surface area contributed by atoms with Gasteiger partial charge in [0.25, 0.3) is 6.23 Å². The van der Waals surface area contributed by atoms with E-state index in [4.69, 9.17) is 14.6 Å². The van der Waals surface area contributed by atoms with Crippen molar-refractivity contribution in [2.24, 2.45) is 0 Å². The van der Waals surface area contributed by atoms with Gasteiger partial charge in [-0.3, -0.25) is 14.9 Å². The van der Waals surface area contributed by atoms with Crippen LogP contribution in [0.1, 0.15) is 33.6 Å². The van der Waals surface area contributed by atoms with E-state index in [1.54, 1.807) is 20.8 Å². The van der Waals surface area contributed by atoms with E-state index in [1.807, 2.05) is 0 Å². The number of carboxylic acids is 1. The maximum absolute atomic E-state index is 11.6. The molecule has 1 aliphatic heterocycles. The molecule has 102 valence electrons. The Kier molecular flexibility index (Phi) is 4.28. The van der Waals surface area contributed by atoms with Crippen LogP contribution >= 0.6 is 0 Å². The summed E-state index contributed by atoms with van der Waals surface area (Å²) in [5, 5.41) is 11.1. The quantitative estimate of drug-likeness (QED) is 0.687. The first-order valence-electron chi connectivity index (χ1n) is 5.60. The monoisotopic (exact) mass is 259 g/mol. The number of carbonyl (C=O) groups excluding carboxylic acids is 2. The summed E-state index contributed by atoms with van der Waals surface area (Å²) in [6.07, 6.45) is -1.25. The second-order valence-corrected chi connectivity index (χ2v) is 5.00. The smallest absolute Gasteiger partial charge is 0.363 e. The zero-order chi connectivity index (χ0) is 13.9. The minimum absolute atomic E-state index is 0.0768. The third-order valence-electron chi connectivity index (χ3n) is 2.14. The summed E-state index contributed by atoms with van der Waals surface area (Å²) in [6.45, 7) is 5.09. The van der Waals surface area contributed by atoms with Gasteiger partial charge in [-0.1, -0.05) is 0 Å². The Morgan fingerprint density at radius 3 is 2.56 bits per heavy atom. The van der Waals surface area contributed by atoms with E-state index < -0.39 is 35.8 Å². The zero-order valence-electron chi connectivity index (χ0n) is 10.6.